The number of anilines is 1. The van der Waals surface area contributed by atoms with Crippen molar-refractivity contribution in [3.63, 3.8) is 0 Å². The van der Waals surface area contributed by atoms with E-state index in [0.29, 0.717) is 34.9 Å². The first-order valence-electron chi connectivity index (χ1n) is 6.67. The average Bonchev–Trinajstić information content (AvgIpc) is 2.52. The summed E-state index contributed by atoms with van der Waals surface area (Å²) in [5.41, 5.74) is 1.65. The number of nitrogens with zero attached hydrogens (tertiary/aromatic N) is 1. The summed E-state index contributed by atoms with van der Waals surface area (Å²) >= 11 is 0. The van der Waals surface area contributed by atoms with Gasteiger partial charge < -0.3 is 14.8 Å². The SMILES string of the molecule is COC(=O)c1ccc(NCc2cc(F)ccc2OC)nc1C. The van der Waals surface area contributed by atoms with E-state index in [-0.39, 0.29) is 5.82 Å². The van der Waals surface area contributed by atoms with Gasteiger partial charge in [-0.1, -0.05) is 0 Å². The van der Waals surface area contributed by atoms with Crippen LogP contribution in [-0.2, 0) is 11.3 Å². The van der Waals surface area contributed by atoms with Crippen LogP contribution in [0.2, 0.25) is 0 Å². The van der Waals surface area contributed by atoms with Gasteiger partial charge in [0.25, 0.3) is 0 Å². The van der Waals surface area contributed by atoms with Crippen molar-refractivity contribution in [2.45, 2.75) is 13.5 Å². The summed E-state index contributed by atoms with van der Waals surface area (Å²) in [7, 11) is 2.86. The number of carbonyl (C=O) groups is 1. The van der Waals surface area contributed by atoms with Gasteiger partial charge in [0.1, 0.15) is 17.4 Å². The van der Waals surface area contributed by atoms with Crippen LogP contribution in [0.25, 0.3) is 0 Å². The maximum Gasteiger partial charge on any atom is 0.339 e. The molecular formula is C16H17FN2O3. The lowest BCUT2D eigenvalue weighted by atomic mass is 10.2. The average molecular weight is 304 g/mol. The van der Waals surface area contributed by atoms with Crippen molar-refractivity contribution in [2.24, 2.45) is 0 Å². The van der Waals surface area contributed by atoms with Gasteiger partial charge in [-0.05, 0) is 37.3 Å². The van der Waals surface area contributed by atoms with E-state index in [0.717, 1.165) is 0 Å². The van der Waals surface area contributed by atoms with Gasteiger partial charge in [0.05, 0.1) is 25.5 Å². The Morgan fingerprint density at radius 3 is 2.68 bits per heavy atom. The Bertz CT molecular complexity index is 689. The summed E-state index contributed by atoms with van der Waals surface area (Å²) in [6, 6.07) is 7.63. The summed E-state index contributed by atoms with van der Waals surface area (Å²) in [5.74, 6) is 0.416. The molecule has 0 saturated carbocycles. The molecule has 1 heterocycles. The smallest absolute Gasteiger partial charge is 0.339 e. The summed E-state index contributed by atoms with van der Waals surface area (Å²) in [6.07, 6.45) is 0. The third-order valence-corrected chi connectivity index (χ3v) is 3.19. The van der Waals surface area contributed by atoms with Gasteiger partial charge >= 0.3 is 5.97 Å². The van der Waals surface area contributed by atoms with Gasteiger partial charge in [0.15, 0.2) is 0 Å². The van der Waals surface area contributed by atoms with E-state index in [4.69, 9.17) is 4.74 Å². The third kappa shape index (κ3) is 3.52. The van der Waals surface area contributed by atoms with Crippen molar-refractivity contribution in [3.8, 4) is 5.75 Å². The topological polar surface area (TPSA) is 60.5 Å². The zero-order chi connectivity index (χ0) is 16.1. The first-order chi connectivity index (χ1) is 10.5. The standard InChI is InChI=1S/C16H17FN2O3/c1-10-13(16(20)22-3)5-7-15(19-10)18-9-11-8-12(17)4-6-14(11)21-2/h4-8H,9H2,1-3H3,(H,18,19). The molecule has 6 heteroatoms. The highest BCUT2D eigenvalue weighted by Gasteiger charge is 2.11. The monoisotopic (exact) mass is 304 g/mol. The van der Waals surface area contributed by atoms with Crippen molar-refractivity contribution in [1.29, 1.82) is 0 Å². The largest absolute Gasteiger partial charge is 0.496 e. The molecule has 0 amide bonds. The number of aryl methyl sites for hydroxylation is 1. The van der Waals surface area contributed by atoms with Crippen molar-refractivity contribution in [1.82, 2.24) is 4.98 Å². The molecule has 1 aromatic carbocycles. The van der Waals surface area contributed by atoms with Crippen LogP contribution in [0.3, 0.4) is 0 Å². The molecular weight excluding hydrogens is 287 g/mol. The van der Waals surface area contributed by atoms with Crippen molar-refractivity contribution in [2.75, 3.05) is 19.5 Å². The lowest BCUT2D eigenvalue weighted by Crippen LogP contribution is -2.08. The maximum atomic E-state index is 13.3. The number of ether oxygens (including phenoxy) is 2. The molecule has 0 atom stereocenters. The fourth-order valence-electron chi connectivity index (χ4n) is 2.06. The molecule has 0 saturated heterocycles. The van der Waals surface area contributed by atoms with Crippen LogP contribution in [0.5, 0.6) is 5.75 Å². The van der Waals surface area contributed by atoms with Crippen molar-refractivity contribution < 1.29 is 18.7 Å². The van der Waals surface area contributed by atoms with Gasteiger partial charge in [-0.2, -0.15) is 0 Å². The number of carbonyl (C=O) groups excluding carboxylic acids is 1. The van der Waals surface area contributed by atoms with Gasteiger partial charge in [0.2, 0.25) is 0 Å². The minimum atomic E-state index is -0.427. The zero-order valence-electron chi connectivity index (χ0n) is 12.6. The van der Waals surface area contributed by atoms with Crippen LogP contribution >= 0.6 is 0 Å². The fraction of sp³-hybridized carbons (Fsp3) is 0.250. The first-order valence-corrected chi connectivity index (χ1v) is 6.67. The molecule has 0 aliphatic heterocycles. The molecule has 0 aliphatic carbocycles. The fourth-order valence-corrected chi connectivity index (χ4v) is 2.06. The molecule has 0 radical (unpaired) electrons. The Morgan fingerprint density at radius 1 is 1.27 bits per heavy atom. The van der Waals surface area contributed by atoms with E-state index in [1.807, 2.05) is 0 Å². The van der Waals surface area contributed by atoms with E-state index in [9.17, 15) is 9.18 Å². The van der Waals surface area contributed by atoms with Crippen LogP contribution in [-0.4, -0.2) is 25.2 Å². The second-order valence-electron chi connectivity index (χ2n) is 4.63. The number of pyridine rings is 1. The van der Waals surface area contributed by atoms with Crippen LogP contribution < -0.4 is 10.1 Å². The van der Waals surface area contributed by atoms with E-state index < -0.39 is 5.97 Å². The Balaban J connectivity index is 2.14. The number of methoxy groups -OCH3 is 2. The maximum absolute atomic E-state index is 13.3. The molecule has 0 spiro atoms. The number of esters is 1. The molecule has 5 nitrogen and oxygen atoms in total. The van der Waals surface area contributed by atoms with Gasteiger partial charge in [-0.15, -0.1) is 0 Å². The Kier molecular flexibility index (Phi) is 4.93. The van der Waals surface area contributed by atoms with Crippen molar-refractivity contribution in [3.05, 3.63) is 53.0 Å². The second kappa shape index (κ2) is 6.89. The number of aromatic nitrogens is 1. The molecule has 0 aliphatic rings. The van der Waals surface area contributed by atoms with Crippen LogP contribution in [0.15, 0.2) is 30.3 Å². The minimum Gasteiger partial charge on any atom is -0.496 e. The first kappa shape index (κ1) is 15.8. The molecule has 0 unspecified atom stereocenters. The number of rotatable bonds is 5. The normalized spacial score (nSPS) is 10.2. The lowest BCUT2D eigenvalue weighted by Gasteiger charge is -2.11. The molecule has 0 fully saturated rings. The van der Waals surface area contributed by atoms with Gasteiger partial charge in [0, 0.05) is 12.1 Å². The summed E-state index contributed by atoms with van der Waals surface area (Å²) < 4.78 is 23.2. The highest BCUT2D eigenvalue weighted by atomic mass is 19.1. The number of benzene rings is 1. The predicted molar refractivity (Wildman–Crippen MR) is 80.6 cm³/mol. The van der Waals surface area contributed by atoms with E-state index in [1.54, 1.807) is 25.1 Å². The Morgan fingerprint density at radius 2 is 2.05 bits per heavy atom. The van der Waals surface area contributed by atoms with Crippen LogP contribution in [0, 0.1) is 12.7 Å². The van der Waals surface area contributed by atoms with Crippen LogP contribution in [0.4, 0.5) is 10.2 Å². The quantitative estimate of drug-likeness (QED) is 0.861. The summed E-state index contributed by atoms with van der Waals surface area (Å²) in [5, 5.41) is 3.08. The zero-order valence-corrected chi connectivity index (χ0v) is 12.6. The Labute approximate surface area is 128 Å². The summed E-state index contributed by atoms with van der Waals surface area (Å²) in [4.78, 5) is 15.8. The molecule has 2 rings (SSSR count). The molecule has 2 aromatic rings. The molecule has 1 aromatic heterocycles. The summed E-state index contributed by atoms with van der Waals surface area (Å²) in [6.45, 7) is 2.07. The number of halogens is 1. The molecule has 0 bridgehead atoms. The van der Waals surface area contributed by atoms with Gasteiger partial charge in [-0.25, -0.2) is 14.2 Å². The lowest BCUT2D eigenvalue weighted by molar-refractivity contribution is 0.0599. The van der Waals surface area contributed by atoms with Crippen molar-refractivity contribution >= 4 is 11.8 Å². The molecule has 22 heavy (non-hydrogen) atoms. The highest BCUT2D eigenvalue weighted by Crippen LogP contribution is 2.20. The van der Waals surface area contributed by atoms with Crippen LogP contribution in [0.1, 0.15) is 21.6 Å². The number of nitrogens with one attached hydrogen (secondary N) is 1. The Hall–Kier alpha value is -2.63. The predicted octanol–water partition coefficient (Wildman–Crippen LogP) is 2.94. The molecule has 1 N–H and O–H groups in total. The van der Waals surface area contributed by atoms with Gasteiger partial charge in [-0.3, -0.25) is 0 Å². The highest BCUT2D eigenvalue weighted by molar-refractivity contribution is 5.90. The van der Waals surface area contributed by atoms with E-state index in [2.05, 4.69) is 15.0 Å². The third-order valence-electron chi connectivity index (χ3n) is 3.19. The second-order valence-corrected chi connectivity index (χ2v) is 4.63. The molecule has 116 valence electrons. The number of hydrogen-bond acceptors (Lipinski definition) is 5. The van der Waals surface area contributed by atoms with E-state index >= 15 is 0 Å². The minimum absolute atomic E-state index is 0.331. The number of hydrogen-bond donors (Lipinski definition) is 1. The van der Waals surface area contributed by atoms with E-state index in [1.165, 1.54) is 26.4 Å².